The van der Waals surface area contributed by atoms with Crippen molar-refractivity contribution in [3.05, 3.63) is 59.2 Å². The zero-order chi connectivity index (χ0) is 19.8. The van der Waals surface area contributed by atoms with Crippen LogP contribution < -0.4 is 9.62 Å². The van der Waals surface area contributed by atoms with Gasteiger partial charge < -0.3 is 4.90 Å². The molecule has 0 saturated carbocycles. The fourth-order valence-corrected chi connectivity index (χ4v) is 4.50. The molecule has 2 aromatic rings. The summed E-state index contributed by atoms with van der Waals surface area (Å²) >= 11 is 0. The number of anilines is 1. The molecule has 144 valence electrons. The fourth-order valence-electron chi connectivity index (χ4n) is 3.22. The van der Waals surface area contributed by atoms with Gasteiger partial charge in [0, 0.05) is 25.2 Å². The topological polar surface area (TPSA) is 66.5 Å². The standard InChI is InChI=1S/C19H20F2N2O3S/c1-12(14-5-7-17(20)18(21)11-14)22-27(25,26)16-6-8-19-15(10-16)4-3-9-23(19)13(2)24/h5-8,10-12,22H,3-4,9H2,1-2H3/t12-/m0/s1. The zero-order valence-electron chi connectivity index (χ0n) is 15.0. The first kappa shape index (κ1) is 19.4. The molecule has 1 atom stereocenters. The summed E-state index contributed by atoms with van der Waals surface area (Å²) in [6, 6.07) is 7.17. The smallest absolute Gasteiger partial charge is 0.241 e. The van der Waals surface area contributed by atoms with Crippen molar-refractivity contribution in [1.29, 1.82) is 0 Å². The van der Waals surface area contributed by atoms with Gasteiger partial charge in [0.15, 0.2) is 11.6 Å². The molecule has 27 heavy (non-hydrogen) atoms. The Morgan fingerprint density at radius 1 is 1.15 bits per heavy atom. The van der Waals surface area contributed by atoms with Crippen molar-refractivity contribution in [2.75, 3.05) is 11.4 Å². The van der Waals surface area contributed by atoms with Crippen LogP contribution in [0.4, 0.5) is 14.5 Å². The van der Waals surface area contributed by atoms with Crippen LogP contribution in [0, 0.1) is 11.6 Å². The Bertz CT molecular complexity index is 992. The second-order valence-corrected chi connectivity index (χ2v) is 8.30. The summed E-state index contributed by atoms with van der Waals surface area (Å²) in [6.07, 6.45) is 1.44. The summed E-state index contributed by atoms with van der Waals surface area (Å²) in [5, 5.41) is 0. The molecule has 0 aliphatic carbocycles. The lowest BCUT2D eigenvalue weighted by atomic mass is 10.0. The molecular weight excluding hydrogens is 374 g/mol. The first-order chi connectivity index (χ1) is 12.7. The van der Waals surface area contributed by atoms with E-state index < -0.39 is 27.7 Å². The third kappa shape index (κ3) is 4.01. The van der Waals surface area contributed by atoms with E-state index in [0.29, 0.717) is 18.5 Å². The minimum atomic E-state index is -3.87. The van der Waals surface area contributed by atoms with E-state index in [1.165, 1.54) is 19.1 Å². The van der Waals surface area contributed by atoms with Crippen LogP contribution in [0.3, 0.4) is 0 Å². The number of benzene rings is 2. The Kier molecular flexibility index (Phi) is 5.30. The highest BCUT2D eigenvalue weighted by Gasteiger charge is 2.24. The second-order valence-electron chi connectivity index (χ2n) is 6.58. The molecule has 1 N–H and O–H groups in total. The fraction of sp³-hybridized carbons (Fsp3) is 0.316. The molecule has 0 aromatic heterocycles. The largest absolute Gasteiger partial charge is 0.312 e. The van der Waals surface area contributed by atoms with Crippen LogP contribution in [0.25, 0.3) is 0 Å². The van der Waals surface area contributed by atoms with Crippen molar-refractivity contribution in [3.8, 4) is 0 Å². The maximum atomic E-state index is 13.4. The molecule has 0 fully saturated rings. The first-order valence-electron chi connectivity index (χ1n) is 8.57. The van der Waals surface area contributed by atoms with Gasteiger partial charge in [0.05, 0.1) is 4.90 Å². The van der Waals surface area contributed by atoms with Gasteiger partial charge in [0.2, 0.25) is 15.9 Å². The number of hydrogen-bond donors (Lipinski definition) is 1. The quantitative estimate of drug-likeness (QED) is 0.865. The maximum Gasteiger partial charge on any atom is 0.241 e. The van der Waals surface area contributed by atoms with Crippen molar-refractivity contribution in [2.24, 2.45) is 0 Å². The Morgan fingerprint density at radius 3 is 2.56 bits per heavy atom. The van der Waals surface area contributed by atoms with Crippen LogP contribution in [0.5, 0.6) is 0 Å². The number of nitrogens with one attached hydrogen (secondary N) is 1. The summed E-state index contributed by atoms with van der Waals surface area (Å²) in [5.41, 5.74) is 1.83. The Balaban J connectivity index is 1.86. The number of aryl methyl sites for hydroxylation is 1. The molecule has 1 aliphatic heterocycles. The minimum absolute atomic E-state index is 0.0704. The summed E-state index contributed by atoms with van der Waals surface area (Å²) in [5.74, 6) is -2.10. The van der Waals surface area contributed by atoms with Gasteiger partial charge in [-0.1, -0.05) is 6.07 Å². The average Bonchev–Trinajstić information content (AvgIpc) is 2.62. The molecule has 0 spiro atoms. The first-order valence-corrected chi connectivity index (χ1v) is 10.1. The SMILES string of the molecule is CC(=O)N1CCCc2cc(S(=O)(=O)N[C@@H](C)c3ccc(F)c(F)c3)ccc21. The predicted octanol–water partition coefficient (Wildman–Crippen LogP) is 3.30. The molecule has 0 unspecified atom stereocenters. The third-order valence-corrected chi connectivity index (χ3v) is 6.17. The molecule has 0 radical (unpaired) electrons. The highest BCUT2D eigenvalue weighted by Crippen LogP contribution is 2.30. The highest BCUT2D eigenvalue weighted by molar-refractivity contribution is 7.89. The molecular formula is C19H20F2N2O3S. The molecule has 1 amide bonds. The predicted molar refractivity (Wildman–Crippen MR) is 97.9 cm³/mol. The maximum absolute atomic E-state index is 13.4. The van der Waals surface area contributed by atoms with E-state index in [0.717, 1.165) is 29.8 Å². The van der Waals surface area contributed by atoms with Crippen molar-refractivity contribution < 1.29 is 22.0 Å². The summed E-state index contributed by atoms with van der Waals surface area (Å²) in [6.45, 7) is 3.64. The van der Waals surface area contributed by atoms with Crippen molar-refractivity contribution in [3.63, 3.8) is 0 Å². The van der Waals surface area contributed by atoms with Gasteiger partial charge >= 0.3 is 0 Å². The van der Waals surface area contributed by atoms with Crippen molar-refractivity contribution in [2.45, 2.75) is 37.6 Å². The van der Waals surface area contributed by atoms with Crippen LogP contribution in [-0.2, 0) is 21.2 Å². The monoisotopic (exact) mass is 394 g/mol. The lowest BCUT2D eigenvalue weighted by Crippen LogP contribution is -2.34. The Hall–Kier alpha value is -2.32. The third-order valence-electron chi connectivity index (χ3n) is 4.64. The number of carbonyl (C=O) groups excluding carboxylic acids is 1. The highest BCUT2D eigenvalue weighted by atomic mass is 32.2. The van der Waals surface area contributed by atoms with Crippen molar-refractivity contribution in [1.82, 2.24) is 4.72 Å². The van der Waals surface area contributed by atoms with Gasteiger partial charge in [0.1, 0.15) is 0 Å². The zero-order valence-corrected chi connectivity index (χ0v) is 15.8. The molecule has 3 rings (SSSR count). The van der Waals surface area contributed by atoms with Gasteiger partial charge in [-0.15, -0.1) is 0 Å². The number of nitrogens with zero attached hydrogens (tertiary/aromatic N) is 1. The minimum Gasteiger partial charge on any atom is -0.312 e. The van der Waals surface area contributed by atoms with Crippen LogP contribution in [0.15, 0.2) is 41.3 Å². The summed E-state index contributed by atoms with van der Waals surface area (Å²) in [7, 11) is -3.87. The molecule has 5 nitrogen and oxygen atoms in total. The molecule has 1 heterocycles. The van der Waals surface area contributed by atoms with Crippen LogP contribution >= 0.6 is 0 Å². The number of carbonyl (C=O) groups is 1. The van der Waals surface area contributed by atoms with E-state index in [2.05, 4.69) is 4.72 Å². The van der Waals surface area contributed by atoms with Crippen LogP contribution in [-0.4, -0.2) is 20.9 Å². The van der Waals surface area contributed by atoms with Gasteiger partial charge in [-0.2, -0.15) is 0 Å². The molecule has 1 aliphatic rings. The second kappa shape index (κ2) is 7.36. The van der Waals surface area contributed by atoms with Crippen LogP contribution in [0.2, 0.25) is 0 Å². The molecule has 0 saturated heterocycles. The van der Waals surface area contributed by atoms with E-state index in [1.807, 2.05) is 0 Å². The van der Waals surface area contributed by atoms with Gasteiger partial charge in [-0.3, -0.25) is 4.79 Å². The van der Waals surface area contributed by atoms with Gasteiger partial charge in [-0.05, 0) is 61.2 Å². The number of fused-ring (bicyclic) bond motifs is 1. The number of halogens is 2. The van der Waals surface area contributed by atoms with Gasteiger partial charge in [0.25, 0.3) is 0 Å². The summed E-state index contributed by atoms with van der Waals surface area (Å²) < 4.78 is 54.4. The van der Waals surface area contributed by atoms with E-state index >= 15 is 0 Å². The molecule has 2 aromatic carbocycles. The van der Waals surface area contributed by atoms with E-state index in [1.54, 1.807) is 24.0 Å². The number of amides is 1. The Morgan fingerprint density at radius 2 is 1.89 bits per heavy atom. The van der Waals surface area contributed by atoms with E-state index in [4.69, 9.17) is 0 Å². The molecule has 0 bridgehead atoms. The Labute approximate surface area is 157 Å². The average molecular weight is 394 g/mol. The number of rotatable bonds is 4. The lowest BCUT2D eigenvalue weighted by molar-refractivity contribution is -0.116. The summed E-state index contributed by atoms with van der Waals surface area (Å²) in [4.78, 5) is 13.4. The van der Waals surface area contributed by atoms with E-state index in [9.17, 15) is 22.0 Å². The van der Waals surface area contributed by atoms with E-state index in [-0.39, 0.29) is 10.8 Å². The van der Waals surface area contributed by atoms with Crippen molar-refractivity contribution >= 4 is 21.6 Å². The van der Waals surface area contributed by atoms with Crippen LogP contribution in [0.1, 0.15) is 37.4 Å². The lowest BCUT2D eigenvalue weighted by Gasteiger charge is -2.29. The van der Waals surface area contributed by atoms with Gasteiger partial charge in [-0.25, -0.2) is 21.9 Å². The molecule has 8 heteroatoms. The normalized spacial score (nSPS) is 15.3. The number of sulfonamides is 1. The number of hydrogen-bond acceptors (Lipinski definition) is 3.